The van der Waals surface area contributed by atoms with Crippen molar-refractivity contribution in [1.82, 2.24) is 5.32 Å². The highest BCUT2D eigenvalue weighted by molar-refractivity contribution is 7.92. The SMILES string of the molecule is Cc1ccc(S(=O)(=O)N2C[C@H](C(=O)N[C@H](C)c3ccc(S(C)(=O)=O)cc3)Oc3ccccc32)cc1. The first-order valence-corrected chi connectivity index (χ1v) is 14.3. The van der Waals surface area contributed by atoms with Crippen LogP contribution >= 0.6 is 0 Å². The van der Waals surface area contributed by atoms with Crippen molar-refractivity contribution in [1.29, 1.82) is 0 Å². The zero-order valence-electron chi connectivity index (χ0n) is 19.5. The lowest BCUT2D eigenvalue weighted by atomic mass is 10.1. The third-order valence-corrected chi connectivity index (χ3v) is 8.73. The molecular formula is C25H26N2O6S2. The van der Waals surface area contributed by atoms with Crippen molar-refractivity contribution >= 4 is 31.5 Å². The monoisotopic (exact) mass is 514 g/mol. The summed E-state index contributed by atoms with van der Waals surface area (Å²) in [6.07, 6.45) is 0.0462. The second-order valence-corrected chi connectivity index (χ2v) is 12.4. The number of fused-ring (bicyclic) bond motifs is 1. The molecule has 0 saturated heterocycles. The van der Waals surface area contributed by atoms with Gasteiger partial charge >= 0.3 is 0 Å². The van der Waals surface area contributed by atoms with Gasteiger partial charge in [-0.15, -0.1) is 0 Å². The smallest absolute Gasteiger partial charge is 0.264 e. The lowest BCUT2D eigenvalue weighted by molar-refractivity contribution is -0.128. The number of benzene rings is 3. The van der Waals surface area contributed by atoms with Crippen LogP contribution in [0.1, 0.15) is 24.1 Å². The predicted molar refractivity (Wildman–Crippen MR) is 133 cm³/mol. The van der Waals surface area contributed by atoms with E-state index < -0.39 is 37.9 Å². The molecule has 10 heteroatoms. The summed E-state index contributed by atoms with van der Waals surface area (Å²) in [5.74, 6) is -0.192. The summed E-state index contributed by atoms with van der Waals surface area (Å²) in [6, 6.07) is 19.0. The van der Waals surface area contributed by atoms with Crippen LogP contribution in [0.25, 0.3) is 0 Å². The van der Waals surface area contributed by atoms with E-state index in [1.165, 1.54) is 16.4 Å². The van der Waals surface area contributed by atoms with Gasteiger partial charge in [0.25, 0.3) is 15.9 Å². The van der Waals surface area contributed by atoms with E-state index in [4.69, 9.17) is 4.74 Å². The maximum atomic E-state index is 13.5. The number of hydrogen-bond donors (Lipinski definition) is 1. The Kier molecular flexibility index (Phi) is 6.61. The van der Waals surface area contributed by atoms with E-state index >= 15 is 0 Å². The van der Waals surface area contributed by atoms with Crippen LogP contribution in [-0.2, 0) is 24.7 Å². The summed E-state index contributed by atoms with van der Waals surface area (Å²) >= 11 is 0. The highest BCUT2D eigenvalue weighted by Gasteiger charge is 2.37. The molecule has 0 saturated carbocycles. The number of anilines is 1. The molecule has 3 aromatic carbocycles. The molecule has 1 amide bonds. The minimum atomic E-state index is -3.94. The van der Waals surface area contributed by atoms with Crippen molar-refractivity contribution < 1.29 is 26.4 Å². The van der Waals surface area contributed by atoms with Gasteiger partial charge in [0.15, 0.2) is 15.9 Å². The Balaban J connectivity index is 1.58. The van der Waals surface area contributed by atoms with E-state index in [0.717, 1.165) is 11.8 Å². The molecule has 1 N–H and O–H groups in total. The number of amides is 1. The standard InChI is InChI=1S/C25H26N2O6S2/c1-17-8-12-21(13-9-17)35(31,32)27-16-24(33-23-7-5-4-6-22(23)27)25(28)26-18(2)19-10-14-20(15-11-19)34(3,29)30/h4-15,18,24H,16H2,1-3H3,(H,26,28)/t18-,24-/m1/s1. The minimum absolute atomic E-state index is 0.123. The van der Waals surface area contributed by atoms with Crippen LogP contribution in [0.4, 0.5) is 5.69 Å². The Morgan fingerprint density at radius 3 is 2.17 bits per heavy atom. The largest absolute Gasteiger partial charge is 0.476 e. The summed E-state index contributed by atoms with van der Waals surface area (Å²) in [6.45, 7) is 3.43. The first-order valence-electron chi connectivity index (χ1n) is 10.9. The molecule has 35 heavy (non-hydrogen) atoms. The highest BCUT2D eigenvalue weighted by Crippen LogP contribution is 2.37. The van der Waals surface area contributed by atoms with Crippen molar-refractivity contribution in [3.63, 3.8) is 0 Å². The van der Waals surface area contributed by atoms with Crippen LogP contribution in [0.2, 0.25) is 0 Å². The Hall–Kier alpha value is -3.37. The van der Waals surface area contributed by atoms with Crippen LogP contribution in [0.5, 0.6) is 5.75 Å². The average molecular weight is 515 g/mol. The summed E-state index contributed by atoms with van der Waals surface area (Å²) in [5, 5.41) is 2.84. The number of nitrogens with one attached hydrogen (secondary N) is 1. The van der Waals surface area contributed by atoms with E-state index in [-0.39, 0.29) is 16.3 Å². The molecule has 0 aliphatic carbocycles. The van der Waals surface area contributed by atoms with Gasteiger partial charge in [-0.1, -0.05) is 42.0 Å². The molecule has 0 radical (unpaired) electrons. The van der Waals surface area contributed by atoms with E-state index in [1.807, 2.05) is 6.92 Å². The number of para-hydroxylation sites is 2. The molecule has 0 fully saturated rings. The Bertz CT molecular complexity index is 1450. The first-order chi connectivity index (χ1) is 16.5. The predicted octanol–water partition coefficient (Wildman–Crippen LogP) is 3.23. The zero-order chi connectivity index (χ0) is 25.4. The van der Waals surface area contributed by atoms with E-state index in [0.29, 0.717) is 17.0 Å². The van der Waals surface area contributed by atoms with Crippen LogP contribution < -0.4 is 14.4 Å². The second kappa shape index (κ2) is 9.35. The maximum absolute atomic E-state index is 13.5. The fraction of sp³-hybridized carbons (Fsp3) is 0.240. The molecular weight excluding hydrogens is 488 g/mol. The van der Waals surface area contributed by atoms with Gasteiger partial charge in [-0.3, -0.25) is 9.10 Å². The van der Waals surface area contributed by atoms with Gasteiger partial charge < -0.3 is 10.1 Å². The van der Waals surface area contributed by atoms with Gasteiger partial charge in [0, 0.05) is 6.26 Å². The molecule has 0 aromatic heterocycles. The molecule has 2 atom stereocenters. The number of carbonyl (C=O) groups is 1. The molecule has 184 valence electrons. The quantitative estimate of drug-likeness (QED) is 0.541. The maximum Gasteiger partial charge on any atom is 0.264 e. The van der Waals surface area contributed by atoms with Crippen molar-refractivity contribution in [2.24, 2.45) is 0 Å². The van der Waals surface area contributed by atoms with Gasteiger partial charge in [-0.2, -0.15) is 0 Å². The molecule has 1 heterocycles. The van der Waals surface area contributed by atoms with Crippen molar-refractivity contribution in [2.75, 3.05) is 17.1 Å². The Morgan fingerprint density at radius 2 is 1.54 bits per heavy atom. The summed E-state index contributed by atoms with van der Waals surface area (Å²) in [4.78, 5) is 13.4. The van der Waals surface area contributed by atoms with Crippen molar-refractivity contribution in [2.45, 2.75) is 35.8 Å². The summed E-state index contributed by atoms with van der Waals surface area (Å²) in [7, 11) is -7.27. The van der Waals surface area contributed by atoms with E-state index in [1.54, 1.807) is 67.6 Å². The van der Waals surface area contributed by atoms with Gasteiger partial charge in [0.1, 0.15) is 5.75 Å². The van der Waals surface area contributed by atoms with Crippen LogP contribution in [0.15, 0.2) is 82.6 Å². The number of hydrogen-bond acceptors (Lipinski definition) is 6. The van der Waals surface area contributed by atoms with E-state index in [9.17, 15) is 21.6 Å². The minimum Gasteiger partial charge on any atom is -0.476 e. The third kappa shape index (κ3) is 5.18. The normalized spacial score (nSPS) is 16.7. The van der Waals surface area contributed by atoms with Crippen molar-refractivity contribution in [3.05, 3.63) is 83.9 Å². The summed E-state index contributed by atoms with van der Waals surface area (Å²) in [5.41, 5.74) is 2.00. The average Bonchev–Trinajstić information content (AvgIpc) is 2.83. The number of rotatable bonds is 6. The first kappa shape index (κ1) is 24.7. The Morgan fingerprint density at radius 1 is 0.943 bits per heavy atom. The lowest BCUT2D eigenvalue weighted by Crippen LogP contribution is -2.51. The number of aryl methyl sites for hydroxylation is 1. The van der Waals surface area contributed by atoms with E-state index in [2.05, 4.69) is 5.32 Å². The second-order valence-electron chi connectivity index (χ2n) is 8.49. The van der Waals surface area contributed by atoms with Gasteiger partial charge in [-0.25, -0.2) is 16.8 Å². The molecule has 4 rings (SSSR count). The fourth-order valence-electron chi connectivity index (χ4n) is 3.80. The third-order valence-electron chi connectivity index (χ3n) is 5.80. The molecule has 0 bridgehead atoms. The van der Waals surface area contributed by atoms with Crippen LogP contribution in [-0.4, -0.2) is 41.6 Å². The molecule has 0 unspecified atom stereocenters. The number of nitrogens with zero attached hydrogens (tertiary/aromatic N) is 1. The lowest BCUT2D eigenvalue weighted by Gasteiger charge is -2.35. The number of sulfone groups is 1. The van der Waals surface area contributed by atoms with Crippen molar-refractivity contribution in [3.8, 4) is 5.75 Å². The Labute approximate surface area is 205 Å². The molecule has 1 aliphatic rings. The van der Waals surface area contributed by atoms with Gasteiger partial charge in [0.05, 0.1) is 28.1 Å². The van der Waals surface area contributed by atoms with Crippen LogP contribution in [0.3, 0.4) is 0 Å². The molecule has 0 spiro atoms. The molecule has 8 nitrogen and oxygen atoms in total. The zero-order valence-corrected chi connectivity index (χ0v) is 21.1. The number of carbonyl (C=O) groups excluding carboxylic acids is 1. The number of sulfonamides is 1. The van der Waals surface area contributed by atoms with Crippen LogP contribution in [0, 0.1) is 6.92 Å². The van der Waals surface area contributed by atoms with Gasteiger partial charge in [-0.05, 0) is 55.8 Å². The fourth-order valence-corrected chi connectivity index (χ4v) is 5.90. The van der Waals surface area contributed by atoms with Gasteiger partial charge in [0.2, 0.25) is 0 Å². The summed E-state index contributed by atoms with van der Waals surface area (Å²) < 4.78 is 57.4. The topological polar surface area (TPSA) is 110 Å². The molecule has 3 aromatic rings. The molecule has 1 aliphatic heterocycles. The number of ether oxygens (including phenoxy) is 1. The highest BCUT2D eigenvalue weighted by atomic mass is 32.2.